The fraction of sp³-hybridized carbons (Fsp3) is 0.214. The Labute approximate surface area is 109 Å². The molecule has 5 heteroatoms. The van der Waals surface area contributed by atoms with Gasteiger partial charge in [-0.15, -0.1) is 0 Å². The molecule has 0 aliphatic heterocycles. The van der Waals surface area contributed by atoms with E-state index in [1.165, 1.54) is 6.20 Å². The number of fused-ring (bicyclic) bond motifs is 1. The van der Waals surface area contributed by atoms with Gasteiger partial charge in [-0.1, -0.05) is 6.07 Å². The highest BCUT2D eigenvalue weighted by Gasteiger charge is 2.20. The first kappa shape index (κ1) is 11.6. The van der Waals surface area contributed by atoms with Crippen LogP contribution in [0.15, 0.2) is 35.4 Å². The van der Waals surface area contributed by atoms with Crippen LogP contribution >= 0.6 is 0 Å². The lowest BCUT2D eigenvalue weighted by molar-refractivity contribution is 0.102. The van der Waals surface area contributed by atoms with Crippen LogP contribution in [0.25, 0.3) is 0 Å². The van der Waals surface area contributed by atoms with Gasteiger partial charge in [0.2, 0.25) is 0 Å². The average molecular weight is 255 g/mol. The number of carbonyl (C=O) groups is 1. The third-order valence-electron chi connectivity index (χ3n) is 3.28. The van der Waals surface area contributed by atoms with Crippen LogP contribution in [-0.4, -0.2) is 15.9 Å². The molecule has 2 heterocycles. The maximum Gasteiger partial charge on any atom is 0.262 e. The van der Waals surface area contributed by atoms with E-state index in [0.717, 1.165) is 30.5 Å². The van der Waals surface area contributed by atoms with Crippen LogP contribution in [0.1, 0.15) is 28.0 Å². The minimum Gasteiger partial charge on any atom is -0.364 e. The third-order valence-corrected chi connectivity index (χ3v) is 3.28. The molecule has 1 aliphatic rings. The van der Waals surface area contributed by atoms with Crippen molar-refractivity contribution in [3.63, 3.8) is 0 Å². The Balaban J connectivity index is 1.91. The van der Waals surface area contributed by atoms with Crippen molar-refractivity contribution in [3.05, 3.63) is 57.6 Å². The molecule has 0 radical (unpaired) electrons. The topological polar surface area (TPSA) is 74.8 Å². The van der Waals surface area contributed by atoms with E-state index in [-0.39, 0.29) is 11.0 Å². The van der Waals surface area contributed by atoms with Crippen molar-refractivity contribution in [1.29, 1.82) is 0 Å². The van der Waals surface area contributed by atoms with Crippen molar-refractivity contribution < 1.29 is 4.79 Å². The van der Waals surface area contributed by atoms with Gasteiger partial charge in [-0.3, -0.25) is 9.59 Å². The summed E-state index contributed by atoms with van der Waals surface area (Å²) in [4.78, 5) is 31.3. The molecule has 2 N–H and O–H groups in total. The zero-order chi connectivity index (χ0) is 13.2. The molecule has 96 valence electrons. The van der Waals surface area contributed by atoms with Crippen LogP contribution in [0.5, 0.6) is 0 Å². The molecule has 0 saturated heterocycles. The molecule has 0 fully saturated rings. The lowest BCUT2D eigenvalue weighted by Crippen LogP contribution is -2.24. The molecule has 0 saturated carbocycles. The SMILES string of the molecule is O=C(Nc1ccccn1)c1c[nH]c2c(c1=O)CCC2. The van der Waals surface area contributed by atoms with Gasteiger partial charge >= 0.3 is 0 Å². The molecule has 0 bridgehead atoms. The molecule has 1 aliphatic carbocycles. The number of nitrogens with one attached hydrogen (secondary N) is 2. The van der Waals surface area contributed by atoms with Crippen LogP contribution in [-0.2, 0) is 12.8 Å². The van der Waals surface area contributed by atoms with Gasteiger partial charge in [0.1, 0.15) is 11.4 Å². The first-order valence-corrected chi connectivity index (χ1v) is 6.21. The van der Waals surface area contributed by atoms with Gasteiger partial charge in [-0.05, 0) is 31.4 Å². The smallest absolute Gasteiger partial charge is 0.262 e. The number of aromatic amines is 1. The molecule has 2 aromatic rings. The minimum atomic E-state index is -0.422. The van der Waals surface area contributed by atoms with Gasteiger partial charge in [-0.25, -0.2) is 4.98 Å². The second-order valence-corrected chi connectivity index (χ2v) is 4.51. The van der Waals surface area contributed by atoms with Crippen molar-refractivity contribution in [2.24, 2.45) is 0 Å². The first-order valence-electron chi connectivity index (χ1n) is 6.21. The molecule has 0 atom stereocenters. The summed E-state index contributed by atoms with van der Waals surface area (Å²) >= 11 is 0. The summed E-state index contributed by atoms with van der Waals surface area (Å²) in [5.74, 6) is 0.0158. The highest BCUT2D eigenvalue weighted by molar-refractivity contribution is 6.03. The quantitative estimate of drug-likeness (QED) is 0.854. The molecule has 19 heavy (non-hydrogen) atoms. The maximum absolute atomic E-state index is 12.2. The summed E-state index contributed by atoms with van der Waals surface area (Å²) in [6, 6.07) is 5.22. The Morgan fingerprint density at radius 3 is 3.00 bits per heavy atom. The lowest BCUT2D eigenvalue weighted by atomic mass is 10.1. The number of aromatic nitrogens is 2. The van der Waals surface area contributed by atoms with E-state index in [9.17, 15) is 9.59 Å². The molecule has 0 aromatic carbocycles. The molecular formula is C14H13N3O2. The first-order chi connectivity index (χ1) is 9.25. The fourth-order valence-corrected chi connectivity index (χ4v) is 2.33. The van der Waals surface area contributed by atoms with Crippen LogP contribution in [0.3, 0.4) is 0 Å². The summed E-state index contributed by atoms with van der Waals surface area (Å²) in [6.45, 7) is 0. The molecule has 0 spiro atoms. The standard InChI is InChI=1S/C14H13N3O2/c18-13-9-4-3-5-11(9)16-8-10(13)14(19)17-12-6-1-2-7-15-12/h1-2,6-8H,3-5H2,(H,16,18)(H,15,17,19). The summed E-state index contributed by atoms with van der Waals surface area (Å²) < 4.78 is 0. The Kier molecular flexibility index (Phi) is 2.87. The number of aryl methyl sites for hydroxylation is 1. The maximum atomic E-state index is 12.2. The monoisotopic (exact) mass is 255 g/mol. The van der Waals surface area contributed by atoms with Crippen molar-refractivity contribution in [3.8, 4) is 0 Å². The van der Waals surface area contributed by atoms with E-state index < -0.39 is 5.91 Å². The highest BCUT2D eigenvalue weighted by Crippen LogP contribution is 2.16. The van der Waals surface area contributed by atoms with Crippen molar-refractivity contribution in [2.75, 3.05) is 5.32 Å². The highest BCUT2D eigenvalue weighted by atomic mass is 16.2. The summed E-state index contributed by atoms with van der Waals surface area (Å²) in [6.07, 6.45) is 5.67. The molecule has 5 nitrogen and oxygen atoms in total. The van der Waals surface area contributed by atoms with Gasteiger partial charge in [-0.2, -0.15) is 0 Å². The van der Waals surface area contributed by atoms with Gasteiger partial charge in [0.05, 0.1) is 0 Å². The van der Waals surface area contributed by atoms with E-state index in [4.69, 9.17) is 0 Å². The second kappa shape index (κ2) is 4.68. The summed E-state index contributed by atoms with van der Waals surface area (Å²) in [7, 11) is 0. The van der Waals surface area contributed by atoms with Gasteiger partial charge in [0.25, 0.3) is 5.91 Å². The van der Waals surface area contributed by atoms with E-state index in [1.54, 1.807) is 24.4 Å². The zero-order valence-electron chi connectivity index (χ0n) is 10.3. The molecule has 3 rings (SSSR count). The van der Waals surface area contributed by atoms with Crippen molar-refractivity contribution in [2.45, 2.75) is 19.3 Å². The van der Waals surface area contributed by atoms with Crippen LogP contribution in [0.4, 0.5) is 5.82 Å². The van der Waals surface area contributed by atoms with Gasteiger partial charge in [0, 0.05) is 23.7 Å². The average Bonchev–Trinajstić information content (AvgIpc) is 2.89. The normalized spacial score (nSPS) is 13.1. The summed E-state index contributed by atoms with van der Waals surface area (Å²) in [5, 5.41) is 2.62. The Morgan fingerprint density at radius 1 is 1.32 bits per heavy atom. The number of hydrogen-bond donors (Lipinski definition) is 2. The predicted octanol–water partition coefficient (Wildman–Crippen LogP) is 1.51. The second-order valence-electron chi connectivity index (χ2n) is 4.51. The Bertz CT molecular complexity index is 677. The fourth-order valence-electron chi connectivity index (χ4n) is 2.33. The number of pyridine rings is 2. The Morgan fingerprint density at radius 2 is 2.21 bits per heavy atom. The number of carbonyl (C=O) groups excluding carboxylic acids is 1. The van der Waals surface area contributed by atoms with E-state index in [1.807, 2.05) is 0 Å². The number of H-pyrrole nitrogens is 1. The zero-order valence-corrected chi connectivity index (χ0v) is 10.3. The molecule has 2 aromatic heterocycles. The largest absolute Gasteiger partial charge is 0.364 e. The molecule has 1 amide bonds. The van der Waals surface area contributed by atoms with Crippen molar-refractivity contribution >= 4 is 11.7 Å². The molecule has 0 unspecified atom stereocenters. The number of amides is 1. The lowest BCUT2D eigenvalue weighted by Gasteiger charge is -2.05. The molecular weight excluding hydrogens is 242 g/mol. The van der Waals surface area contributed by atoms with Crippen LogP contribution in [0, 0.1) is 0 Å². The number of anilines is 1. The minimum absolute atomic E-state index is 0.145. The van der Waals surface area contributed by atoms with E-state index >= 15 is 0 Å². The summed E-state index contributed by atoms with van der Waals surface area (Å²) in [5.41, 5.74) is 1.68. The van der Waals surface area contributed by atoms with Crippen LogP contribution in [0.2, 0.25) is 0 Å². The number of nitrogens with zero attached hydrogens (tertiary/aromatic N) is 1. The van der Waals surface area contributed by atoms with E-state index in [2.05, 4.69) is 15.3 Å². The van der Waals surface area contributed by atoms with Crippen molar-refractivity contribution in [1.82, 2.24) is 9.97 Å². The third kappa shape index (κ3) is 2.14. The van der Waals surface area contributed by atoms with Gasteiger partial charge < -0.3 is 10.3 Å². The van der Waals surface area contributed by atoms with Crippen LogP contribution < -0.4 is 10.7 Å². The number of hydrogen-bond acceptors (Lipinski definition) is 3. The number of rotatable bonds is 2. The Hall–Kier alpha value is -2.43. The van der Waals surface area contributed by atoms with E-state index in [0.29, 0.717) is 5.82 Å². The van der Waals surface area contributed by atoms with Gasteiger partial charge in [0.15, 0.2) is 5.43 Å². The predicted molar refractivity (Wildman–Crippen MR) is 71.3 cm³/mol.